The lowest BCUT2D eigenvalue weighted by molar-refractivity contribution is 0.375. The molecule has 0 aliphatic carbocycles. The highest BCUT2D eigenvalue weighted by Crippen LogP contribution is 2.35. The molecule has 6 nitrogen and oxygen atoms in total. The van der Waals surface area contributed by atoms with Gasteiger partial charge < -0.3 is 20.3 Å². The monoisotopic (exact) mass is 419 g/mol. The third-order valence-corrected chi connectivity index (χ3v) is 5.24. The molecule has 0 bridgehead atoms. The number of aromatic hydroxyl groups is 2. The zero-order chi connectivity index (χ0) is 21.1. The Bertz CT molecular complexity index is 1080. The number of methoxy groups -OCH3 is 1. The Morgan fingerprint density at radius 1 is 1.03 bits per heavy atom. The predicted octanol–water partition coefficient (Wildman–Crippen LogP) is 4.65. The van der Waals surface area contributed by atoms with Crippen LogP contribution in [0, 0.1) is 0 Å². The number of phenolic OH excluding ortho intramolecular Hbond substituents is 2. The molecule has 1 heterocycles. The number of hydrogen-bond acceptors (Lipinski definition) is 5. The van der Waals surface area contributed by atoms with Crippen molar-refractivity contribution >= 4 is 28.7 Å². The highest BCUT2D eigenvalue weighted by atomic mass is 32.1. The van der Waals surface area contributed by atoms with Gasteiger partial charge in [-0.1, -0.05) is 24.3 Å². The van der Waals surface area contributed by atoms with Gasteiger partial charge in [0.05, 0.1) is 18.9 Å². The van der Waals surface area contributed by atoms with Gasteiger partial charge in [-0.15, -0.1) is 0 Å². The summed E-state index contributed by atoms with van der Waals surface area (Å²) in [5.41, 5.74) is 3.19. The van der Waals surface area contributed by atoms with Gasteiger partial charge >= 0.3 is 0 Å². The first kappa shape index (κ1) is 19.7. The zero-order valence-electron chi connectivity index (χ0n) is 16.3. The molecule has 1 atom stereocenters. The third-order valence-electron chi connectivity index (χ3n) is 4.95. The first-order valence-corrected chi connectivity index (χ1v) is 9.85. The van der Waals surface area contributed by atoms with E-state index in [9.17, 15) is 10.2 Å². The summed E-state index contributed by atoms with van der Waals surface area (Å²) in [5, 5.41) is 30.1. The van der Waals surface area contributed by atoms with E-state index in [2.05, 4.69) is 5.32 Å². The Labute approximate surface area is 180 Å². The second-order valence-electron chi connectivity index (χ2n) is 6.88. The van der Waals surface area contributed by atoms with Crippen LogP contribution >= 0.6 is 12.2 Å². The number of para-hydroxylation sites is 1. The number of rotatable bonds is 4. The number of anilines is 1. The summed E-state index contributed by atoms with van der Waals surface area (Å²) >= 11 is 5.66. The number of hydrogen-bond donors (Lipinski definition) is 3. The summed E-state index contributed by atoms with van der Waals surface area (Å²) in [6.45, 7) is 0. The second kappa shape index (κ2) is 8.42. The maximum atomic E-state index is 10.3. The molecule has 1 unspecified atom stereocenters. The van der Waals surface area contributed by atoms with E-state index in [4.69, 9.17) is 22.1 Å². The lowest BCUT2D eigenvalue weighted by Gasteiger charge is -2.25. The van der Waals surface area contributed by atoms with Crippen molar-refractivity contribution in [2.24, 2.45) is 5.10 Å². The molecule has 0 saturated carbocycles. The third kappa shape index (κ3) is 4.06. The van der Waals surface area contributed by atoms with Gasteiger partial charge in [0, 0.05) is 17.7 Å². The quantitative estimate of drug-likeness (QED) is 0.534. The van der Waals surface area contributed by atoms with Crippen LogP contribution < -0.4 is 10.1 Å². The smallest absolute Gasteiger partial charge is 0.194 e. The van der Waals surface area contributed by atoms with E-state index in [-0.39, 0.29) is 17.5 Å². The molecule has 1 aliphatic heterocycles. The molecule has 152 valence electrons. The van der Waals surface area contributed by atoms with Gasteiger partial charge in [0.15, 0.2) is 5.11 Å². The van der Waals surface area contributed by atoms with Gasteiger partial charge in [-0.25, -0.2) is 5.01 Å². The number of ether oxygens (including phenoxy) is 1. The lowest BCUT2D eigenvalue weighted by atomic mass is 9.98. The van der Waals surface area contributed by atoms with Crippen LogP contribution in [-0.2, 0) is 0 Å². The van der Waals surface area contributed by atoms with E-state index in [0.29, 0.717) is 17.1 Å². The van der Waals surface area contributed by atoms with Crippen LogP contribution in [0.2, 0.25) is 0 Å². The van der Waals surface area contributed by atoms with E-state index in [0.717, 1.165) is 22.7 Å². The molecule has 1 aliphatic rings. The maximum Gasteiger partial charge on any atom is 0.194 e. The van der Waals surface area contributed by atoms with Gasteiger partial charge in [0.1, 0.15) is 17.2 Å². The molecular formula is C23H21N3O3S. The topological polar surface area (TPSA) is 77.3 Å². The van der Waals surface area contributed by atoms with Gasteiger partial charge in [-0.3, -0.25) is 0 Å². The van der Waals surface area contributed by atoms with Crippen LogP contribution in [0.4, 0.5) is 5.69 Å². The summed E-state index contributed by atoms with van der Waals surface area (Å²) in [5.74, 6) is 1.13. The fraction of sp³-hybridized carbons (Fsp3) is 0.130. The predicted molar refractivity (Wildman–Crippen MR) is 121 cm³/mol. The number of nitrogens with one attached hydrogen (secondary N) is 1. The largest absolute Gasteiger partial charge is 0.508 e. The minimum absolute atomic E-state index is 0.168. The van der Waals surface area contributed by atoms with E-state index in [1.807, 2.05) is 48.5 Å². The summed E-state index contributed by atoms with van der Waals surface area (Å²) in [7, 11) is 1.62. The molecule has 0 spiro atoms. The van der Waals surface area contributed by atoms with Crippen molar-refractivity contribution in [3.8, 4) is 17.2 Å². The van der Waals surface area contributed by atoms with Crippen molar-refractivity contribution < 1.29 is 14.9 Å². The van der Waals surface area contributed by atoms with Crippen molar-refractivity contribution in [2.75, 3.05) is 12.4 Å². The average molecular weight is 420 g/mol. The number of nitrogens with zero attached hydrogens (tertiary/aromatic N) is 2. The van der Waals surface area contributed by atoms with Crippen LogP contribution in [0.5, 0.6) is 17.2 Å². The molecule has 4 rings (SSSR count). The van der Waals surface area contributed by atoms with Crippen molar-refractivity contribution in [1.82, 2.24) is 5.01 Å². The lowest BCUT2D eigenvalue weighted by Crippen LogP contribution is -2.31. The van der Waals surface area contributed by atoms with Crippen LogP contribution in [0.15, 0.2) is 77.9 Å². The second-order valence-corrected chi connectivity index (χ2v) is 7.27. The minimum atomic E-state index is -0.168. The molecule has 0 amide bonds. The summed E-state index contributed by atoms with van der Waals surface area (Å²) in [6, 6.07) is 21.4. The maximum absolute atomic E-state index is 10.3. The molecule has 0 radical (unpaired) electrons. The Balaban J connectivity index is 1.64. The summed E-state index contributed by atoms with van der Waals surface area (Å²) in [6.07, 6.45) is 0.562. The van der Waals surface area contributed by atoms with Crippen LogP contribution in [0.25, 0.3) is 0 Å². The molecule has 0 saturated heterocycles. The first-order valence-electron chi connectivity index (χ1n) is 9.44. The number of hydrazone groups is 1. The van der Waals surface area contributed by atoms with Crippen LogP contribution in [0.1, 0.15) is 23.6 Å². The Morgan fingerprint density at radius 2 is 1.73 bits per heavy atom. The first-order chi connectivity index (χ1) is 14.5. The van der Waals surface area contributed by atoms with Gasteiger partial charge in [-0.05, 0) is 66.3 Å². The standard InChI is InChI=1S/C23H21N3O3S/c1-29-18-12-8-16(9-13-18)24-23(30)26-21(15-6-10-17(27)11-7-15)14-20(25-26)19-4-2-3-5-22(19)28/h2-13,21,27-28H,14H2,1H3,(H,24,30). The van der Waals surface area contributed by atoms with E-state index < -0.39 is 0 Å². The fourth-order valence-corrected chi connectivity index (χ4v) is 3.68. The van der Waals surface area contributed by atoms with Gasteiger partial charge in [0.25, 0.3) is 0 Å². The number of thiocarbonyl (C=S) groups is 1. The Morgan fingerprint density at radius 3 is 2.40 bits per heavy atom. The van der Waals surface area contributed by atoms with Crippen molar-refractivity contribution in [3.05, 3.63) is 83.9 Å². The SMILES string of the molecule is COc1ccc(NC(=S)N2N=C(c3ccccc3O)CC2c2ccc(O)cc2)cc1. The fourth-order valence-electron chi connectivity index (χ4n) is 3.39. The van der Waals surface area contributed by atoms with E-state index >= 15 is 0 Å². The number of phenols is 2. The van der Waals surface area contributed by atoms with E-state index in [1.165, 1.54) is 0 Å². The normalized spacial score (nSPS) is 15.6. The molecule has 0 aromatic heterocycles. The van der Waals surface area contributed by atoms with Gasteiger partial charge in [-0.2, -0.15) is 5.10 Å². The Hall–Kier alpha value is -3.58. The number of benzene rings is 3. The van der Waals surface area contributed by atoms with Crippen molar-refractivity contribution in [3.63, 3.8) is 0 Å². The molecule has 7 heteroatoms. The highest BCUT2D eigenvalue weighted by molar-refractivity contribution is 7.80. The molecule has 3 aromatic carbocycles. The summed E-state index contributed by atoms with van der Waals surface area (Å²) < 4.78 is 5.20. The molecule has 3 N–H and O–H groups in total. The summed E-state index contributed by atoms with van der Waals surface area (Å²) in [4.78, 5) is 0. The Kier molecular flexibility index (Phi) is 5.54. The minimum Gasteiger partial charge on any atom is -0.508 e. The van der Waals surface area contributed by atoms with Crippen molar-refractivity contribution in [2.45, 2.75) is 12.5 Å². The molecule has 30 heavy (non-hydrogen) atoms. The molecule has 0 fully saturated rings. The van der Waals surface area contributed by atoms with Crippen molar-refractivity contribution in [1.29, 1.82) is 0 Å². The average Bonchev–Trinajstić information content (AvgIpc) is 3.20. The molecular weight excluding hydrogens is 398 g/mol. The highest BCUT2D eigenvalue weighted by Gasteiger charge is 2.32. The van der Waals surface area contributed by atoms with Gasteiger partial charge in [0.2, 0.25) is 0 Å². The molecule has 3 aromatic rings. The van der Waals surface area contributed by atoms with Crippen LogP contribution in [0.3, 0.4) is 0 Å². The van der Waals surface area contributed by atoms with E-state index in [1.54, 1.807) is 36.4 Å². The van der Waals surface area contributed by atoms with Crippen LogP contribution in [-0.4, -0.2) is 33.2 Å². The zero-order valence-corrected chi connectivity index (χ0v) is 17.1.